The van der Waals surface area contributed by atoms with E-state index in [0.29, 0.717) is 18.3 Å². The van der Waals surface area contributed by atoms with Crippen LogP contribution in [0.3, 0.4) is 0 Å². The number of carbonyl (C=O) groups excluding carboxylic acids is 1. The van der Waals surface area contributed by atoms with Gasteiger partial charge in [-0.05, 0) is 18.1 Å². The van der Waals surface area contributed by atoms with Gasteiger partial charge in [-0.15, -0.1) is 0 Å². The van der Waals surface area contributed by atoms with Gasteiger partial charge in [0, 0.05) is 18.2 Å². The summed E-state index contributed by atoms with van der Waals surface area (Å²) in [5.74, 6) is -1.07. The molecule has 2 rings (SSSR count). The summed E-state index contributed by atoms with van der Waals surface area (Å²) in [6.07, 6.45) is 1.34. The van der Waals surface area contributed by atoms with Gasteiger partial charge in [0.05, 0.1) is 6.42 Å². The van der Waals surface area contributed by atoms with Gasteiger partial charge >= 0.3 is 0 Å². The Morgan fingerprint density at radius 3 is 2.50 bits per heavy atom. The summed E-state index contributed by atoms with van der Waals surface area (Å²) < 4.78 is 27.8. The van der Waals surface area contributed by atoms with Crippen molar-refractivity contribution in [3.63, 3.8) is 0 Å². The number of nitrogens with zero attached hydrogens (tertiary/aromatic N) is 3. The van der Waals surface area contributed by atoms with Gasteiger partial charge in [0.15, 0.2) is 5.78 Å². The zero-order valence-electron chi connectivity index (χ0n) is 11.3. The van der Waals surface area contributed by atoms with Crippen molar-refractivity contribution in [2.75, 3.05) is 0 Å². The number of carbonyl (C=O) groups is 1. The van der Waals surface area contributed by atoms with Crippen molar-refractivity contribution in [2.24, 2.45) is 5.92 Å². The Bertz CT molecular complexity index is 602. The molecule has 0 N–H and O–H groups in total. The monoisotopic (exact) mass is 279 g/mol. The second kappa shape index (κ2) is 5.90. The Labute approximate surface area is 115 Å². The van der Waals surface area contributed by atoms with E-state index in [9.17, 15) is 13.6 Å². The normalized spacial score (nSPS) is 11.1. The van der Waals surface area contributed by atoms with E-state index in [-0.39, 0.29) is 17.8 Å². The molecule has 2 aromatic rings. The van der Waals surface area contributed by atoms with Crippen molar-refractivity contribution in [3.8, 4) is 0 Å². The second-order valence-electron chi connectivity index (χ2n) is 5.01. The molecule has 1 aromatic heterocycles. The molecule has 0 amide bonds. The van der Waals surface area contributed by atoms with Crippen LogP contribution in [-0.2, 0) is 13.0 Å². The molecule has 0 aliphatic carbocycles. The molecule has 0 bridgehead atoms. The number of hydrogen-bond acceptors (Lipinski definition) is 3. The van der Waals surface area contributed by atoms with E-state index >= 15 is 0 Å². The molecule has 6 heteroatoms. The Balaban J connectivity index is 2.17. The second-order valence-corrected chi connectivity index (χ2v) is 5.01. The Kier molecular flexibility index (Phi) is 4.22. The highest BCUT2D eigenvalue weighted by molar-refractivity contribution is 5.97. The van der Waals surface area contributed by atoms with Crippen molar-refractivity contribution in [1.82, 2.24) is 14.8 Å². The van der Waals surface area contributed by atoms with Crippen molar-refractivity contribution in [3.05, 3.63) is 47.5 Å². The minimum atomic E-state index is -0.767. The van der Waals surface area contributed by atoms with Gasteiger partial charge in [-0.3, -0.25) is 4.79 Å². The van der Waals surface area contributed by atoms with Crippen LogP contribution in [0.5, 0.6) is 0 Å². The number of rotatable bonds is 5. The predicted molar refractivity (Wildman–Crippen MR) is 69.3 cm³/mol. The maximum absolute atomic E-state index is 13.1. The average Bonchev–Trinajstić information content (AvgIpc) is 2.74. The number of ketones is 1. The maximum Gasteiger partial charge on any atom is 0.170 e. The third-order valence-corrected chi connectivity index (χ3v) is 2.74. The standard InChI is InChI=1S/C14H15F2N3O/c1-9(2)7-19-14(17-8-18-19)6-13(20)10-3-11(15)5-12(16)4-10/h3-5,8-9H,6-7H2,1-2H3. The zero-order valence-corrected chi connectivity index (χ0v) is 11.3. The first-order valence-corrected chi connectivity index (χ1v) is 6.31. The van der Waals surface area contributed by atoms with E-state index in [4.69, 9.17) is 0 Å². The minimum Gasteiger partial charge on any atom is -0.294 e. The van der Waals surface area contributed by atoms with E-state index in [1.54, 1.807) is 4.68 Å². The lowest BCUT2D eigenvalue weighted by molar-refractivity contribution is 0.0988. The first kappa shape index (κ1) is 14.3. The van der Waals surface area contributed by atoms with Crippen LogP contribution >= 0.6 is 0 Å². The maximum atomic E-state index is 13.1. The number of benzene rings is 1. The highest BCUT2D eigenvalue weighted by atomic mass is 19.1. The first-order valence-electron chi connectivity index (χ1n) is 6.31. The van der Waals surface area contributed by atoms with Crippen molar-refractivity contribution >= 4 is 5.78 Å². The molecule has 4 nitrogen and oxygen atoms in total. The summed E-state index contributed by atoms with van der Waals surface area (Å²) in [6, 6.07) is 2.78. The van der Waals surface area contributed by atoms with Crippen LogP contribution in [0.1, 0.15) is 30.0 Å². The van der Waals surface area contributed by atoms with Crippen molar-refractivity contribution in [2.45, 2.75) is 26.8 Å². The van der Waals surface area contributed by atoms with E-state index in [1.807, 2.05) is 13.8 Å². The largest absolute Gasteiger partial charge is 0.294 e. The molecule has 0 radical (unpaired) electrons. The van der Waals surface area contributed by atoms with Crippen molar-refractivity contribution < 1.29 is 13.6 Å². The van der Waals surface area contributed by atoms with Gasteiger partial charge in [-0.1, -0.05) is 13.8 Å². The van der Waals surface area contributed by atoms with Crippen LogP contribution in [0.25, 0.3) is 0 Å². The van der Waals surface area contributed by atoms with Gasteiger partial charge in [-0.25, -0.2) is 18.4 Å². The van der Waals surface area contributed by atoms with Crippen LogP contribution in [-0.4, -0.2) is 20.5 Å². The van der Waals surface area contributed by atoms with Crippen LogP contribution in [0.4, 0.5) is 8.78 Å². The summed E-state index contributed by atoms with van der Waals surface area (Å²) in [7, 11) is 0. The lowest BCUT2D eigenvalue weighted by Crippen LogP contribution is -2.14. The lowest BCUT2D eigenvalue weighted by Gasteiger charge is -2.08. The minimum absolute atomic E-state index is 0.00148. The Morgan fingerprint density at radius 1 is 1.25 bits per heavy atom. The van der Waals surface area contributed by atoms with Gasteiger partial charge < -0.3 is 0 Å². The SMILES string of the molecule is CC(C)Cn1ncnc1CC(=O)c1cc(F)cc(F)c1. The fourth-order valence-electron chi connectivity index (χ4n) is 1.88. The number of hydrogen-bond donors (Lipinski definition) is 0. The smallest absolute Gasteiger partial charge is 0.170 e. The first-order chi connectivity index (χ1) is 9.45. The van der Waals surface area contributed by atoms with E-state index in [2.05, 4.69) is 10.1 Å². The molecule has 1 aromatic carbocycles. The lowest BCUT2D eigenvalue weighted by atomic mass is 10.1. The zero-order chi connectivity index (χ0) is 14.7. The molecule has 20 heavy (non-hydrogen) atoms. The molecule has 0 saturated carbocycles. The third-order valence-electron chi connectivity index (χ3n) is 2.74. The summed E-state index contributed by atoms with van der Waals surface area (Å²) in [6.45, 7) is 4.69. The van der Waals surface area contributed by atoms with Crippen LogP contribution < -0.4 is 0 Å². The quantitative estimate of drug-likeness (QED) is 0.790. The van der Waals surface area contributed by atoms with Crippen molar-refractivity contribution in [1.29, 1.82) is 0 Å². The molecule has 0 aliphatic heterocycles. The van der Waals surface area contributed by atoms with Crippen LogP contribution in [0.15, 0.2) is 24.5 Å². The molecule has 0 unspecified atom stereocenters. The highest BCUT2D eigenvalue weighted by Gasteiger charge is 2.14. The molecule has 0 aliphatic rings. The Morgan fingerprint density at radius 2 is 1.90 bits per heavy atom. The number of aromatic nitrogens is 3. The van der Waals surface area contributed by atoms with E-state index in [0.717, 1.165) is 18.2 Å². The third kappa shape index (κ3) is 3.46. The molecule has 0 saturated heterocycles. The molecule has 0 spiro atoms. The fourth-order valence-corrected chi connectivity index (χ4v) is 1.88. The highest BCUT2D eigenvalue weighted by Crippen LogP contribution is 2.11. The van der Waals surface area contributed by atoms with Crippen LogP contribution in [0.2, 0.25) is 0 Å². The summed E-state index contributed by atoms with van der Waals surface area (Å²) >= 11 is 0. The molecule has 106 valence electrons. The summed E-state index contributed by atoms with van der Waals surface area (Å²) in [5, 5.41) is 4.04. The van der Waals surface area contributed by atoms with Crippen LogP contribution in [0, 0.1) is 17.6 Å². The number of halogens is 2. The van der Waals surface area contributed by atoms with E-state index in [1.165, 1.54) is 6.33 Å². The molecular formula is C14H15F2N3O. The van der Waals surface area contributed by atoms with E-state index < -0.39 is 11.6 Å². The topological polar surface area (TPSA) is 47.8 Å². The molecule has 0 fully saturated rings. The van der Waals surface area contributed by atoms with Gasteiger partial charge in [0.2, 0.25) is 0 Å². The number of Topliss-reactive ketones (excluding diaryl/α,β-unsaturated/α-hetero) is 1. The summed E-state index contributed by atoms with van der Waals surface area (Å²) in [4.78, 5) is 16.1. The van der Waals surface area contributed by atoms with Gasteiger partial charge in [0.25, 0.3) is 0 Å². The van der Waals surface area contributed by atoms with Gasteiger partial charge in [-0.2, -0.15) is 5.10 Å². The molecule has 0 atom stereocenters. The fraction of sp³-hybridized carbons (Fsp3) is 0.357. The molecular weight excluding hydrogens is 264 g/mol. The summed E-state index contributed by atoms with van der Waals surface area (Å²) in [5.41, 5.74) is 0.00148. The van der Waals surface area contributed by atoms with Gasteiger partial charge in [0.1, 0.15) is 23.8 Å². The predicted octanol–water partition coefficient (Wildman–Crippen LogP) is 2.64. The average molecular weight is 279 g/mol. The molecule has 1 heterocycles. The Hall–Kier alpha value is -2.11.